The molecule has 0 N–H and O–H groups in total. The Kier molecular flexibility index (Phi) is 6.75. The van der Waals surface area contributed by atoms with Crippen molar-refractivity contribution < 1.29 is 19.1 Å². The van der Waals surface area contributed by atoms with E-state index in [4.69, 9.17) is 9.47 Å². The molecular formula is C24H32O4S. The van der Waals surface area contributed by atoms with Crippen molar-refractivity contribution in [3.8, 4) is 0 Å². The molecule has 0 amide bonds. The number of hydrogen-bond donors (Lipinski definition) is 0. The molecule has 0 saturated heterocycles. The first-order chi connectivity index (χ1) is 13.3. The van der Waals surface area contributed by atoms with E-state index in [1.54, 1.807) is 13.2 Å². The molecule has 1 heterocycles. The Morgan fingerprint density at radius 3 is 2.28 bits per heavy atom. The Labute approximate surface area is 178 Å². The third-order valence-electron chi connectivity index (χ3n) is 5.47. The van der Waals surface area contributed by atoms with Gasteiger partial charge in [-0.05, 0) is 89.6 Å². The maximum atomic E-state index is 12.9. The number of ketones is 1. The van der Waals surface area contributed by atoms with Gasteiger partial charge in [-0.1, -0.05) is 11.6 Å². The molecule has 0 fully saturated rings. The molecule has 0 saturated carbocycles. The fourth-order valence-electron chi connectivity index (χ4n) is 3.83. The Hall–Kier alpha value is -1.98. The molecule has 0 bridgehead atoms. The molecule has 29 heavy (non-hydrogen) atoms. The summed E-state index contributed by atoms with van der Waals surface area (Å²) >= 11 is 1.45. The first-order valence-electron chi connectivity index (χ1n) is 9.75. The molecule has 0 radical (unpaired) electrons. The Morgan fingerprint density at radius 2 is 1.79 bits per heavy atom. The normalized spacial score (nSPS) is 23.1. The van der Waals surface area contributed by atoms with E-state index in [0.29, 0.717) is 10.5 Å². The number of methoxy groups -OCH3 is 1. The van der Waals surface area contributed by atoms with Gasteiger partial charge in [-0.2, -0.15) is 0 Å². The van der Waals surface area contributed by atoms with Crippen LogP contribution in [0.25, 0.3) is 0 Å². The number of allylic oxidation sites excluding steroid dienone is 1. The van der Waals surface area contributed by atoms with E-state index in [0.717, 1.165) is 22.3 Å². The van der Waals surface area contributed by atoms with E-state index in [9.17, 15) is 9.59 Å². The number of ether oxygens (including phenoxy) is 2. The molecular weight excluding hydrogens is 384 g/mol. The van der Waals surface area contributed by atoms with Crippen LogP contribution in [0.4, 0.5) is 0 Å². The molecule has 1 aliphatic rings. The average molecular weight is 417 g/mol. The van der Waals surface area contributed by atoms with Gasteiger partial charge in [0.2, 0.25) is 0 Å². The number of rotatable bonds is 5. The highest BCUT2D eigenvalue weighted by Crippen LogP contribution is 2.46. The van der Waals surface area contributed by atoms with Gasteiger partial charge in [0.1, 0.15) is 5.60 Å². The Balaban J connectivity index is 2.45. The summed E-state index contributed by atoms with van der Waals surface area (Å²) < 4.78 is 11.5. The minimum atomic E-state index is -0.576. The number of carbonyl (C=O) groups is 2. The second kappa shape index (κ2) is 8.41. The number of thiophene rings is 1. The second-order valence-corrected chi connectivity index (χ2v) is 9.81. The van der Waals surface area contributed by atoms with E-state index < -0.39 is 11.0 Å². The smallest absolute Gasteiger partial charge is 0.338 e. The molecule has 158 valence electrons. The van der Waals surface area contributed by atoms with Crippen molar-refractivity contribution in [3.05, 3.63) is 56.3 Å². The van der Waals surface area contributed by atoms with Crippen LogP contribution in [0.3, 0.4) is 0 Å². The van der Waals surface area contributed by atoms with Crippen molar-refractivity contribution in [1.82, 2.24) is 0 Å². The zero-order valence-electron chi connectivity index (χ0n) is 18.9. The van der Waals surface area contributed by atoms with E-state index in [2.05, 4.69) is 0 Å². The first-order valence-corrected chi connectivity index (χ1v) is 10.6. The summed E-state index contributed by atoms with van der Waals surface area (Å²) in [7, 11) is 1.63. The van der Waals surface area contributed by atoms with Crippen LogP contribution in [0.5, 0.6) is 0 Å². The summed E-state index contributed by atoms with van der Waals surface area (Å²) in [4.78, 5) is 26.2. The molecule has 4 nitrogen and oxygen atoms in total. The predicted molar refractivity (Wildman–Crippen MR) is 118 cm³/mol. The molecule has 2 rings (SSSR count). The lowest BCUT2D eigenvalue weighted by Crippen LogP contribution is -2.40. The zero-order chi connectivity index (χ0) is 22.1. The topological polar surface area (TPSA) is 52.6 Å². The molecule has 0 spiro atoms. The van der Waals surface area contributed by atoms with Gasteiger partial charge in [0.25, 0.3) is 0 Å². The SMILES string of the molecule is COC1C(C)=C(C(=O)OC(C)(C)C)C(C)=C(C)C1(C)C=CC(=O)c1cc(C)cs1. The van der Waals surface area contributed by atoms with Crippen LogP contribution >= 0.6 is 11.3 Å². The maximum Gasteiger partial charge on any atom is 0.338 e. The van der Waals surface area contributed by atoms with Crippen LogP contribution < -0.4 is 0 Å². The minimum Gasteiger partial charge on any atom is -0.456 e. The third kappa shape index (κ3) is 4.78. The van der Waals surface area contributed by atoms with E-state index in [1.807, 2.05) is 72.9 Å². The number of aryl methyl sites for hydroxylation is 1. The summed E-state index contributed by atoms with van der Waals surface area (Å²) in [5.41, 5.74) is 3.20. The molecule has 0 aliphatic heterocycles. The van der Waals surface area contributed by atoms with Crippen LogP contribution in [0.1, 0.15) is 63.7 Å². The van der Waals surface area contributed by atoms with Gasteiger partial charge in [-0.3, -0.25) is 4.79 Å². The maximum absolute atomic E-state index is 12.9. The largest absolute Gasteiger partial charge is 0.456 e. The fourth-order valence-corrected chi connectivity index (χ4v) is 4.65. The quantitative estimate of drug-likeness (QED) is 0.344. The van der Waals surface area contributed by atoms with Gasteiger partial charge in [0.05, 0.1) is 16.6 Å². The van der Waals surface area contributed by atoms with E-state index in [1.165, 1.54) is 11.3 Å². The van der Waals surface area contributed by atoms with Crippen molar-refractivity contribution in [2.24, 2.45) is 5.41 Å². The molecule has 1 aliphatic carbocycles. The standard InChI is InChI=1S/C24H32O4S/c1-14-12-19(29-13-14)18(25)10-11-24(8)17(4)15(2)20(16(3)21(24)27-9)22(26)28-23(5,6)7/h10-13,21H,1-9H3. The van der Waals surface area contributed by atoms with Gasteiger partial charge in [-0.15, -0.1) is 11.3 Å². The molecule has 2 unspecified atom stereocenters. The summed E-state index contributed by atoms with van der Waals surface area (Å²) in [6.07, 6.45) is 3.16. The van der Waals surface area contributed by atoms with Gasteiger partial charge in [0, 0.05) is 12.5 Å². The molecule has 0 aromatic carbocycles. The summed E-state index contributed by atoms with van der Waals surface area (Å²) in [6.45, 7) is 15.4. The van der Waals surface area contributed by atoms with Gasteiger partial charge >= 0.3 is 5.97 Å². The first kappa shape index (κ1) is 23.3. The molecule has 1 aromatic rings. The average Bonchev–Trinajstić information content (AvgIpc) is 3.03. The van der Waals surface area contributed by atoms with Gasteiger partial charge < -0.3 is 9.47 Å². The number of carbonyl (C=O) groups excluding carboxylic acids is 2. The van der Waals surface area contributed by atoms with Gasteiger partial charge in [0.15, 0.2) is 5.78 Å². The van der Waals surface area contributed by atoms with Crippen molar-refractivity contribution in [2.75, 3.05) is 7.11 Å². The highest BCUT2D eigenvalue weighted by Gasteiger charge is 2.43. The lowest BCUT2D eigenvalue weighted by molar-refractivity contribution is -0.149. The van der Waals surface area contributed by atoms with Crippen LogP contribution in [0.15, 0.2) is 45.9 Å². The van der Waals surface area contributed by atoms with Crippen molar-refractivity contribution in [1.29, 1.82) is 0 Å². The van der Waals surface area contributed by atoms with Crippen LogP contribution in [-0.2, 0) is 14.3 Å². The van der Waals surface area contributed by atoms with Gasteiger partial charge in [-0.25, -0.2) is 4.79 Å². The molecule has 2 atom stereocenters. The second-order valence-electron chi connectivity index (χ2n) is 8.89. The summed E-state index contributed by atoms with van der Waals surface area (Å²) in [5.74, 6) is -0.366. The predicted octanol–water partition coefficient (Wildman–Crippen LogP) is 5.82. The molecule has 1 aromatic heterocycles. The Bertz CT molecular complexity index is 908. The summed E-state index contributed by atoms with van der Waals surface area (Å²) in [6, 6.07) is 1.90. The van der Waals surface area contributed by atoms with Crippen molar-refractivity contribution in [3.63, 3.8) is 0 Å². The zero-order valence-corrected chi connectivity index (χ0v) is 19.7. The minimum absolute atomic E-state index is 0.0239. The summed E-state index contributed by atoms with van der Waals surface area (Å²) in [5, 5.41) is 1.97. The third-order valence-corrected chi connectivity index (χ3v) is 6.53. The van der Waals surface area contributed by atoms with Crippen LogP contribution in [0, 0.1) is 12.3 Å². The van der Waals surface area contributed by atoms with Crippen LogP contribution in [-0.4, -0.2) is 30.6 Å². The monoisotopic (exact) mass is 416 g/mol. The van der Waals surface area contributed by atoms with E-state index >= 15 is 0 Å². The fraction of sp³-hybridized carbons (Fsp3) is 0.500. The highest BCUT2D eigenvalue weighted by molar-refractivity contribution is 7.12. The lowest BCUT2D eigenvalue weighted by atomic mass is 9.67. The van der Waals surface area contributed by atoms with Crippen molar-refractivity contribution >= 4 is 23.1 Å². The van der Waals surface area contributed by atoms with E-state index in [-0.39, 0.29) is 17.9 Å². The van der Waals surface area contributed by atoms with Crippen molar-refractivity contribution in [2.45, 2.75) is 67.1 Å². The van der Waals surface area contributed by atoms with Crippen LogP contribution in [0.2, 0.25) is 0 Å². The Morgan fingerprint density at radius 1 is 1.17 bits per heavy atom. The number of esters is 1. The number of hydrogen-bond acceptors (Lipinski definition) is 5. The lowest BCUT2D eigenvalue weighted by Gasteiger charge is -2.42. The molecule has 5 heteroatoms. The highest BCUT2D eigenvalue weighted by atomic mass is 32.1.